The summed E-state index contributed by atoms with van der Waals surface area (Å²) < 4.78 is 5.17. The number of ether oxygens (including phenoxy) is 1. The summed E-state index contributed by atoms with van der Waals surface area (Å²) in [6.45, 7) is 1.35. The Labute approximate surface area is 110 Å². The van der Waals surface area contributed by atoms with Crippen LogP contribution in [0.2, 0.25) is 0 Å². The number of hydrogen-bond acceptors (Lipinski definition) is 5. The van der Waals surface area contributed by atoms with E-state index in [1.165, 1.54) is 16.7 Å². The lowest BCUT2D eigenvalue weighted by Crippen LogP contribution is -2.48. The molecule has 0 atom stereocenters. The van der Waals surface area contributed by atoms with Crippen LogP contribution < -0.4 is 5.32 Å². The van der Waals surface area contributed by atoms with Crippen molar-refractivity contribution < 1.29 is 19.4 Å². The second kappa shape index (κ2) is 5.90. The SMILES string of the molecule is O=C(CN1CSCC1=O)NCC1(O)CCOCC1. The summed E-state index contributed by atoms with van der Waals surface area (Å²) in [7, 11) is 0. The first-order valence-electron chi connectivity index (χ1n) is 6.01. The number of thioether (sulfide) groups is 1. The first kappa shape index (κ1) is 13.6. The van der Waals surface area contributed by atoms with Gasteiger partial charge in [0.25, 0.3) is 0 Å². The van der Waals surface area contributed by atoms with Gasteiger partial charge >= 0.3 is 0 Å². The summed E-state index contributed by atoms with van der Waals surface area (Å²) in [5.74, 6) is 0.810. The van der Waals surface area contributed by atoms with Crippen LogP contribution in [0.1, 0.15) is 12.8 Å². The van der Waals surface area contributed by atoms with Crippen LogP contribution in [0.15, 0.2) is 0 Å². The van der Waals surface area contributed by atoms with Crippen LogP contribution in [-0.4, -0.2) is 65.4 Å². The van der Waals surface area contributed by atoms with Crippen molar-refractivity contribution in [1.29, 1.82) is 0 Å². The molecule has 2 rings (SSSR count). The molecule has 0 aromatic carbocycles. The number of hydrogen-bond donors (Lipinski definition) is 2. The van der Waals surface area contributed by atoms with Gasteiger partial charge in [0, 0.05) is 32.6 Å². The second-order valence-electron chi connectivity index (χ2n) is 4.68. The molecule has 0 unspecified atom stereocenters. The molecule has 7 heteroatoms. The lowest BCUT2D eigenvalue weighted by molar-refractivity contribution is -0.133. The van der Waals surface area contributed by atoms with E-state index >= 15 is 0 Å². The monoisotopic (exact) mass is 274 g/mol. The van der Waals surface area contributed by atoms with Gasteiger partial charge in [-0.25, -0.2) is 0 Å². The molecule has 2 aliphatic heterocycles. The van der Waals surface area contributed by atoms with E-state index in [4.69, 9.17) is 4.74 Å². The fraction of sp³-hybridized carbons (Fsp3) is 0.818. The minimum atomic E-state index is -0.863. The predicted octanol–water partition coefficient (Wildman–Crippen LogP) is -0.823. The van der Waals surface area contributed by atoms with Crippen LogP contribution in [0.25, 0.3) is 0 Å². The highest BCUT2D eigenvalue weighted by atomic mass is 32.2. The molecule has 2 N–H and O–H groups in total. The lowest BCUT2D eigenvalue weighted by atomic mass is 9.94. The van der Waals surface area contributed by atoms with Crippen molar-refractivity contribution in [3.8, 4) is 0 Å². The summed E-state index contributed by atoms with van der Waals surface area (Å²) in [4.78, 5) is 24.5. The van der Waals surface area contributed by atoms with E-state index < -0.39 is 5.60 Å². The average Bonchev–Trinajstić information content (AvgIpc) is 2.74. The van der Waals surface area contributed by atoms with E-state index in [1.54, 1.807) is 0 Å². The number of carbonyl (C=O) groups is 2. The molecule has 0 spiro atoms. The van der Waals surface area contributed by atoms with Crippen LogP contribution in [0.5, 0.6) is 0 Å². The minimum absolute atomic E-state index is 0.0000666. The summed E-state index contributed by atoms with van der Waals surface area (Å²) in [5, 5.41) is 12.8. The molecule has 2 amide bonds. The zero-order valence-electron chi connectivity index (χ0n) is 10.2. The quantitative estimate of drug-likeness (QED) is 0.700. The van der Waals surface area contributed by atoms with E-state index in [-0.39, 0.29) is 24.9 Å². The molecule has 0 bridgehead atoms. The van der Waals surface area contributed by atoms with Gasteiger partial charge in [-0.2, -0.15) is 0 Å². The molecule has 102 valence electrons. The van der Waals surface area contributed by atoms with Crippen LogP contribution in [0, 0.1) is 0 Å². The van der Waals surface area contributed by atoms with Gasteiger partial charge in [0.15, 0.2) is 0 Å². The Balaban J connectivity index is 1.72. The maximum Gasteiger partial charge on any atom is 0.239 e. The molecular formula is C11H18N2O4S. The molecule has 18 heavy (non-hydrogen) atoms. The fourth-order valence-electron chi connectivity index (χ4n) is 1.96. The number of aliphatic hydroxyl groups is 1. The van der Waals surface area contributed by atoms with Crippen LogP contribution in [-0.2, 0) is 14.3 Å². The number of nitrogens with zero attached hydrogens (tertiary/aromatic N) is 1. The molecular weight excluding hydrogens is 256 g/mol. The van der Waals surface area contributed by atoms with Gasteiger partial charge < -0.3 is 20.1 Å². The smallest absolute Gasteiger partial charge is 0.239 e. The first-order chi connectivity index (χ1) is 8.59. The Kier molecular flexibility index (Phi) is 4.47. The molecule has 0 radical (unpaired) electrons. The Bertz CT molecular complexity index is 331. The highest BCUT2D eigenvalue weighted by molar-refractivity contribution is 8.00. The number of carbonyl (C=O) groups excluding carboxylic acids is 2. The van der Waals surface area contributed by atoms with Crippen molar-refractivity contribution in [3.63, 3.8) is 0 Å². The summed E-state index contributed by atoms with van der Waals surface area (Å²) in [6, 6.07) is 0. The van der Waals surface area contributed by atoms with Gasteiger partial charge in [0.05, 0.1) is 17.2 Å². The van der Waals surface area contributed by atoms with E-state index in [1.807, 2.05) is 0 Å². The molecule has 2 saturated heterocycles. The third kappa shape index (κ3) is 3.60. The van der Waals surface area contributed by atoms with Crippen molar-refractivity contribution in [2.24, 2.45) is 0 Å². The summed E-state index contributed by atoms with van der Waals surface area (Å²) >= 11 is 1.51. The standard InChI is InChI=1S/C11H18N2O4S/c14-9(5-13-8-18-6-10(13)15)12-7-11(16)1-3-17-4-2-11/h16H,1-8H2,(H,12,14). The van der Waals surface area contributed by atoms with E-state index in [0.29, 0.717) is 37.7 Å². The van der Waals surface area contributed by atoms with Gasteiger partial charge in [-0.1, -0.05) is 0 Å². The van der Waals surface area contributed by atoms with Gasteiger partial charge in [-0.3, -0.25) is 9.59 Å². The van der Waals surface area contributed by atoms with Crippen molar-refractivity contribution >= 4 is 23.6 Å². The molecule has 0 aromatic heterocycles. The van der Waals surface area contributed by atoms with Gasteiger partial charge in [0.1, 0.15) is 6.54 Å². The second-order valence-corrected chi connectivity index (χ2v) is 5.64. The van der Waals surface area contributed by atoms with Gasteiger partial charge in [-0.05, 0) is 0 Å². The Morgan fingerprint density at radius 3 is 2.83 bits per heavy atom. The molecule has 0 aliphatic carbocycles. The lowest BCUT2D eigenvalue weighted by Gasteiger charge is -2.32. The maximum atomic E-state index is 11.7. The highest BCUT2D eigenvalue weighted by Crippen LogP contribution is 2.19. The van der Waals surface area contributed by atoms with Crippen molar-refractivity contribution in [2.75, 3.05) is 37.9 Å². The van der Waals surface area contributed by atoms with Crippen molar-refractivity contribution in [2.45, 2.75) is 18.4 Å². The third-order valence-electron chi connectivity index (χ3n) is 3.20. The Morgan fingerprint density at radius 2 is 2.22 bits per heavy atom. The van der Waals surface area contributed by atoms with Crippen LogP contribution in [0.3, 0.4) is 0 Å². The van der Waals surface area contributed by atoms with Crippen molar-refractivity contribution in [1.82, 2.24) is 10.2 Å². The predicted molar refractivity (Wildman–Crippen MR) is 67.1 cm³/mol. The van der Waals surface area contributed by atoms with Crippen LogP contribution >= 0.6 is 11.8 Å². The average molecular weight is 274 g/mol. The topological polar surface area (TPSA) is 78.9 Å². The summed E-state index contributed by atoms with van der Waals surface area (Å²) in [6.07, 6.45) is 1.07. The maximum absolute atomic E-state index is 11.7. The number of amides is 2. The molecule has 0 saturated carbocycles. The Hall–Kier alpha value is -0.790. The molecule has 2 heterocycles. The molecule has 2 aliphatic rings. The highest BCUT2D eigenvalue weighted by Gasteiger charge is 2.30. The largest absolute Gasteiger partial charge is 0.388 e. The van der Waals surface area contributed by atoms with Crippen molar-refractivity contribution in [3.05, 3.63) is 0 Å². The molecule has 0 aromatic rings. The molecule has 6 nitrogen and oxygen atoms in total. The molecule has 2 fully saturated rings. The zero-order chi connectivity index (χ0) is 13.0. The first-order valence-corrected chi connectivity index (χ1v) is 7.17. The zero-order valence-corrected chi connectivity index (χ0v) is 11.0. The Morgan fingerprint density at radius 1 is 1.50 bits per heavy atom. The number of rotatable bonds is 4. The normalized spacial score (nSPS) is 23.2. The van der Waals surface area contributed by atoms with Gasteiger partial charge in [0.2, 0.25) is 11.8 Å². The summed E-state index contributed by atoms with van der Waals surface area (Å²) in [5.41, 5.74) is -0.863. The van der Waals surface area contributed by atoms with Crippen LogP contribution in [0.4, 0.5) is 0 Å². The van der Waals surface area contributed by atoms with E-state index in [9.17, 15) is 14.7 Å². The number of nitrogens with one attached hydrogen (secondary N) is 1. The van der Waals surface area contributed by atoms with E-state index in [0.717, 1.165) is 0 Å². The fourth-order valence-corrected chi connectivity index (χ4v) is 2.86. The minimum Gasteiger partial charge on any atom is -0.388 e. The van der Waals surface area contributed by atoms with E-state index in [2.05, 4.69) is 5.32 Å². The van der Waals surface area contributed by atoms with Gasteiger partial charge in [-0.15, -0.1) is 11.8 Å². The third-order valence-corrected chi connectivity index (χ3v) is 4.14.